The van der Waals surface area contributed by atoms with E-state index in [1.165, 1.54) is 18.2 Å². The molecule has 0 spiro atoms. The average molecular weight is 416 g/mol. The molecule has 0 bridgehead atoms. The van der Waals surface area contributed by atoms with E-state index in [1.807, 2.05) is 0 Å². The Morgan fingerprint density at radius 2 is 1.65 bits per heavy atom. The second kappa shape index (κ2) is 8.71. The molecule has 0 aliphatic rings. The fourth-order valence-electron chi connectivity index (χ4n) is 3.29. The zero-order chi connectivity index (χ0) is 21.8. The van der Waals surface area contributed by atoms with Crippen LogP contribution in [0.1, 0.15) is 21.5 Å². The van der Waals surface area contributed by atoms with Gasteiger partial charge in [0.2, 0.25) is 11.9 Å². The van der Waals surface area contributed by atoms with Crippen molar-refractivity contribution in [3.63, 3.8) is 0 Å². The minimum Gasteiger partial charge on any atom is -0.366 e. The number of anilines is 2. The summed E-state index contributed by atoms with van der Waals surface area (Å²) in [5.74, 6) is -1.06. The lowest BCUT2D eigenvalue weighted by Crippen LogP contribution is -2.15. The van der Waals surface area contributed by atoms with E-state index in [4.69, 9.17) is 5.73 Å². The van der Waals surface area contributed by atoms with Crippen molar-refractivity contribution in [2.45, 2.75) is 6.42 Å². The summed E-state index contributed by atoms with van der Waals surface area (Å²) in [4.78, 5) is 20.5. The van der Waals surface area contributed by atoms with E-state index in [0.29, 0.717) is 27.9 Å². The van der Waals surface area contributed by atoms with Crippen molar-refractivity contribution in [2.75, 3.05) is 5.32 Å². The van der Waals surface area contributed by atoms with E-state index in [-0.39, 0.29) is 29.6 Å². The molecule has 4 rings (SSSR count). The van der Waals surface area contributed by atoms with Crippen molar-refractivity contribution in [2.24, 2.45) is 5.73 Å². The summed E-state index contributed by atoms with van der Waals surface area (Å²) < 4.78 is 27.7. The van der Waals surface area contributed by atoms with Crippen LogP contribution in [-0.2, 0) is 6.42 Å². The zero-order valence-electron chi connectivity index (χ0n) is 16.3. The predicted octanol–water partition coefficient (Wildman–Crippen LogP) is 4.86. The van der Waals surface area contributed by atoms with Crippen molar-refractivity contribution < 1.29 is 13.6 Å². The molecule has 4 aromatic rings. The Morgan fingerprint density at radius 1 is 0.903 bits per heavy atom. The van der Waals surface area contributed by atoms with Crippen LogP contribution in [0.3, 0.4) is 0 Å². The molecule has 0 aliphatic heterocycles. The summed E-state index contributed by atoms with van der Waals surface area (Å²) in [5.41, 5.74) is 8.65. The second-order valence-electron chi connectivity index (χ2n) is 6.89. The fraction of sp³-hybridized carbons (Fsp3) is 0.0417. The number of nitrogens with two attached hydrogens (primary N) is 1. The number of nitrogens with zero attached hydrogens (tertiary/aromatic N) is 2. The third-order valence-electron chi connectivity index (χ3n) is 4.82. The van der Waals surface area contributed by atoms with Gasteiger partial charge in [-0.1, -0.05) is 36.4 Å². The van der Waals surface area contributed by atoms with Crippen LogP contribution in [0.5, 0.6) is 0 Å². The molecule has 154 valence electrons. The smallest absolute Gasteiger partial charge is 0.249 e. The first-order valence-corrected chi connectivity index (χ1v) is 9.51. The SMILES string of the molecule is NC(=O)c1cccc(Nc2ncc(-c3cccc(F)c3)cn2)c1Cc1ccccc1F. The largest absolute Gasteiger partial charge is 0.366 e. The summed E-state index contributed by atoms with van der Waals surface area (Å²) in [7, 11) is 0. The van der Waals surface area contributed by atoms with Crippen LogP contribution in [0.25, 0.3) is 11.1 Å². The Morgan fingerprint density at radius 3 is 2.35 bits per heavy atom. The Bertz CT molecular complexity index is 1240. The van der Waals surface area contributed by atoms with Gasteiger partial charge in [-0.05, 0) is 47.0 Å². The van der Waals surface area contributed by atoms with Crippen molar-refractivity contribution in [3.05, 3.63) is 107 Å². The number of amides is 1. The first kappa shape index (κ1) is 20.2. The van der Waals surface area contributed by atoms with Gasteiger partial charge in [0.15, 0.2) is 0 Å². The minimum absolute atomic E-state index is 0.162. The monoisotopic (exact) mass is 416 g/mol. The summed E-state index contributed by atoms with van der Waals surface area (Å²) in [6.07, 6.45) is 3.30. The number of rotatable bonds is 6. The van der Waals surface area contributed by atoms with E-state index in [0.717, 1.165) is 0 Å². The van der Waals surface area contributed by atoms with Crippen molar-refractivity contribution in [1.82, 2.24) is 9.97 Å². The van der Waals surface area contributed by atoms with Crippen molar-refractivity contribution in [1.29, 1.82) is 0 Å². The van der Waals surface area contributed by atoms with Crippen LogP contribution in [0.2, 0.25) is 0 Å². The van der Waals surface area contributed by atoms with Gasteiger partial charge < -0.3 is 11.1 Å². The molecule has 1 aromatic heterocycles. The molecular weight excluding hydrogens is 398 g/mol. The van der Waals surface area contributed by atoms with Gasteiger partial charge in [0.25, 0.3) is 0 Å². The number of halogens is 2. The van der Waals surface area contributed by atoms with Crippen LogP contribution in [0.15, 0.2) is 79.1 Å². The number of nitrogens with one attached hydrogen (secondary N) is 1. The van der Waals surface area contributed by atoms with Gasteiger partial charge in [-0.25, -0.2) is 18.7 Å². The van der Waals surface area contributed by atoms with Gasteiger partial charge in [-0.3, -0.25) is 4.79 Å². The number of benzene rings is 3. The molecule has 1 heterocycles. The second-order valence-corrected chi connectivity index (χ2v) is 6.89. The van der Waals surface area contributed by atoms with E-state index in [9.17, 15) is 13.6 Å². The van der Waals surface area contributed by atoms with E-state index in [2.05, 4.69) is 15.3 Å². The number of carbonyl (C=O) groups is 1. The molecule has 3 aromatic carbocycles. The first-order valence-electron chi connectivity index (χ1n) is 9.51. The molecule has 0 aliphatic carbocycles. The molecule has 0 fully saturated rings. The van der Waals surface area contributed by atoms with Crippen molar-refractivity contribution in [3.8, 4) is 11.1 Å². The van der Waals surface area contributed by atoms with Crippen LogP contribution < -0.4 is 11.1 Å². The van der Waals surface area contributed by atoms with Gasteiger partial charge >= 0.3 is 0 Å². The summed E-state index contributed by atoms with van der Waals surface area (Å²) >= 11 is 0. The quantitative estimate of drug-likeness (QED) is 0.471. The molecule has 0 unspecified atom stereocenters. The highest BCUT2D eigenvalue weighted by Gasteiger charge is 2.16. The number of primary amides is 1. The van der Waals surface area contributed by atoms with E-state index >= 15 is 0 Å². The highest BCUT2D eigenvalue weighted by atomic mass is 19.1. The van der Waals surface area contributed by atoms with Gasteiger partial charge in [-0.15, -0.1) is 0 Å². The van der Waals surface area contributed by atoms with Crippen LogP contribution in [0, 0.1) is 11.6 Å². The molecule has 0 radical (unpaired) electrons. The first-order chi connectivity index (χ1) is 15.0. The lowest BCUT2D eigenvalue weighted by atomic mass is 9.97. The van der Waals surface area contributed by atoms with Gasteiger partial charge in [0.05, 0.1) is 0 Å². The number of hydrogen-bond donors (Lipinski definition) is 2. The van der Waals surface area contributed by atoms with E-state index < -0.39 is 5.91 Å². The Kier molecular flexibility index (Phi) is 5.66. The highest BCUT2D eigenvalue weighted by molar-refractivity contribution is 5.96. The van der Waals surface area contributed by atoms with Crippen LogP contribution >= 0.6 is 0 Å². The standard InChI is InChI=1S/C24H18F2N4O/c25-18-7-3-6-15(11-18)17-13-28-24(29-14-17)30-22-10-4-8-19(23(27)31)20(22)12-16-5-1-2-9-21(16)26/h1-11,13-14H,12H2,(H2,27,31)(H,28,29,30). The maximum Gasteiger partial charge on any atom is 0.249 e. The fourth-order valence-corrected chi connectivity index (χ4v) is 3.29. The molecule has 7 heteroatoms. The Hall–Kier alpha value is -4.13. The molecular formula is C24H18F2N4O. The molecule has 0 saturated carbocycles. The number of aromatic nitrogens is 2. The molecule has 5 nitrogen and oxygen atoms in total. The average Bonchev–Trinajstić information content (AvgIpc) is 2.77. The molecule has 0 atom stereocenters. The minimum atomic E-state index is -0.614. The number of carbonyl (C=O) groups excluding carboxylic acids is 1. The topological polar surface area (TPSA) is 80.9 Å². The molecule has 3 N–H and O–H groups in total. The van der Waals surface area contributed by atoms with Crippen LogP contribution in [0.4, 0.5) is 20.4 Å². The Labute approximate surface area is 177 Å². The third-order valence-corrected chi connectivity index (χ3v) is 4.82. The number of hydrogen-bond acceptors (Lipinski definition) is 4. The van der Waals surface area contributed by atoms with Crippen molar-refractivity contribution >= 4 is 17.5 Å². The van der Waals surface area contributed by atoms with Gasteiger partial charge in [0, 0.05) is 35.6 Å². The van der Waals surface area contributed by atoms with Crippen LogP contribution in [-0.4, -0.2) is 15.9 Å². The lowest BCUT2D eigenvalue weighted by Gasteiger charge is -2.15. The predicted molar refractivity (Wildman–Crippen MR) is 115 cm³/mol. The van der Waals surface area contributed by atoms with Gasteiger partial charge in [0.1, 0.15) is 11.6 Å². The lowest BCUT2D eigenvalue weighted by molar-refractivity contribution is 0.0999. The third kappa shape index (κ3) is 4.56. The summed E-state index contributed by atoms with van der Waals surface area (Å²) in [6, 6.07) is 17.5. The zero-order valence-corrected chi connectivity index (χ0v) is 16.3. The summed E-state index contributed by atoms with van der Waals surface area (Å²) in [6.45, 7) is 0. The van der Waals surface area contributed by atoms with E-state index in [1.54, 1.807) is 60.9 Å². The normalized spacial score (nSPS) is 10.6. The maximum absolute atomic E-state index is 14.2. The molecule has 1 amide bonds. The summed E-state index contributed by atoms with van der Waals surface area (Å²) in [5, 5.41) is 3.07. The molecule has 0 saturated heterocycles. The van der Waals surface area contributed by atoms with Gasteiger partial charge in [-0.2, -0.15) is 0 Å². The highest BCUT2D eigenvalue weighted by Crippen LogP contribution is 2.27. The maximum atomic E-state index is 14.2. The Balaban J connectivity index is 1.66. The molecule has 31 heavy (non-hydrogen) atoms.